The maximum Gasteiger partial charge on any atom is 0.0602 e. The summed E-state index contributed by atoms with van der Waals surface area (Å²) in [6, 6.07) is 0.634. The Morgan fingerprint density at radius 3 is 2.41 bits per heavy atom. The number of rotatable bonds is 4. The topological polar surface area (TPSA) is 21.7 Å². The lowest BCUT2D eigenvalue weighted by Crippen LogP contribution is -2.43. The van der Waals surface area contributed by atoms with E-state index in [0.717, 1.165) is 26.3 Å². The lowest BCUT2D eigenvalue weighted by Gasteiger charge is -2.33. The van der Waals surface area contributed by atoms with E-state index in [4.69, 9.17) is 9.47 Å². The molecule has 0 aromatic heterocycles. The number of hydrogen-bond donors (Lipinski definition) is 0. The van der Waals surface area contributed by atoms with Crippen LogP contribution in [-0.4, -0.2) is 49.5 Å². The summed E-state index contributed by atoms with van der Waals surface area (Å²) in [5.41, 5.74) is 0. The van der Waals surface area contributed by atoms with Crippen LogP contribution in [0.4, 0.5) is 0 Å². The molecular formula is C14H27NO2. The Labute approximate surface area is 105 Å². The minimum atomic E-state index is 0.486. The molecule has 2 rings (SSSR count). The van der Waals surface area contributed by atoms with Crippen molar-refractivity contribution in [2.24, 2.45) is 5.92 Å². The van der Waals surface area contributed by atoms with Gasteiger partial charge in [-0.3, -0.25) is 4.90 Å². The maximum absolute atomic E-state index is 6.13. The number of ether oxygens (including phenoxy) is 2. The molecule has 2 fully saturated rings. The van der Waals surface area contributed by atoms with Crippen LogP contribution in [0.25, 0.3) is 0 Å². The predicted octanol–water partition coefficient (Wildman–Crippen LogP) is 2.30. The minimum Gasteiger partial charge on any atom is -0.379 e. The second-order valence-corrected chi connectivity index (χ2v) is 5.85. The first kappa shape index (κ1) is 13.3. The summed E-state index contributed by atoms with van der Waals surface area (Å²) in [7, 11) is 0. The van der Waals surface area contributed by atoms with Crippen molar-refractivity contribution in [1.82, 2.24) is 4.90 Å². The van der Waals surface area contributed by atoms with Crippen LogP contribution < -0.4 is 0 Å². The smallest absolute Gasteiger partial charge is 0.0602 e. The van der Waals surface area contributed by atoms with E-state index in [1.165, 1.54) is 19.3 Å². The molecule has 0 radical (unpaired) electrons. The Morgan fingerprint density at radius 2 is 1.82 bits per heavy atom. The molecule has 0 amide bonds. The highest BCUT2D eigenvalue weighted by molar-refractivity contribution is 4.80. The zero-order chi connectivity index (χ0) is 12.3. The minimum absolute atomic E-state index is 0.486. The van der Waals surface area contributed by atoms with Gasteiger partial charge in [0.1, 0.15) is 0 Å². The molecule has 0 saturated carbocycles. The zero-order valence-electron chi connectivity index (χ0n) is 11.5. The molecule has 0 bridgehead atoms. The van der Waals surface area contributed by atoms with Crippen molar-refractivity contribution >= 4 is 0 Å². The van der Waals surface area contributed by atoms with Crippen LogP contribution in [0.2, 0.25) is 0 Å². The van der Waals surface area contributed by atoms with Gasteiger partial charge < -0.3 is 9.47 Å². The molecule has 3 unspecified atom stereocenters. The molecule has 0 aromatic rings. The van der Waals surface area contributed by atoms with Gasteiger partial charge in [0.15, 0.2) is 0 Å². The first-order chi connectivity index (χ1) is 8.16. The lowest BCUT2D eigenvalue weighted by atomic mass is 10.0. The van der Waals surface area contributed by atoms with Gasteiger partial charge in [0.05, 0.1) is 25.4 Å². The third kappa shape index (κ3) is 3.67. The Balaban J connectivity index is 1.73. The van der Waals surface area contributed by atoms with Gasteiger partial charge in [0.25, 0.3) is 0 Å². The largest absolute Gasteiger partial charge is 0.379 e. The predicted molar refractivity (Wildman–Crippen MR) is 69.2 cm³/mol. The second kappa shape index (κ2) is 6.17. The summed E-state index contributed by atoms with van der Waals surface area (Å²) in [6.07, 6.45) is 4.66. The Morgan fingerprint density at radius 1 is 1.12 bits per heavy atom. The molecular weight excluding hydrogens is 214 g/mol. The highest BCUT2D eigenvalue weighted by atomic mass is 16.5. The van der Waals surface area contributed by atoms with Gasteiger partial charge in [0, 0.05) is 19.1 Å². The van der Waals surface area contributed by atoms with E-state index in [9.17, 15) is 0 Å². The fourth-order valence-corrected chi connectivity index (χ4v) is 2.95. The van der Waals surface area contributed by atoms with Crippen LogP contribution in [-0.2, 0) is 9.47 Å². The SMILES string of the molecule is CC(C)C1CCC(CC(C)N2CCOCC2)O1. The summed E-state index contributed by atoms with van der Waals surface area (Å²) in [4.78, 5) is 2.54. The van der Waals surface area contributed by atoms with Crippen molar-refractivity contribution in [3.8, 4) is 0 Å². The number of nitrogens with zero attached hydrogens (tertiary/aromatic N) is 1. The molecule has 0 N–H and O–H groups in total. The summed E-state index contributed by atoms with van der Waals surface area (Å²) in [6.45, 7) is 10.8. The van der Waals surface area contributed by atoms with Crippen LogP contribution in [0, 0.1) is 5.92 Å². The first-order valence-corrected chi connectivity index (χ1v) is 7.14. The Kier molecular flexibility index (Phi) is 4.83. The molecule has 0 aliphatic carbocycles. The molecule has 0 spiro atoms. The Bertz CT molecular complexity index is 226. The fraction of sp³-hybridized carbons (Fsp3) is 1.00. The number of morpholine rings is 1. The van der Waals surface area contributed by atoms with E-state index >= 15 is 0 Å². The van der Waals surface area contributed by atoms with Crippen LogP contribution in [0.5, 0.6) is 0 Å². The van der Waals surface area contributed by atoms with E-state index in [1.54, 1.807) is 0 Å². The van der Waals surface area contributed by atoms with Gasteiger partial charge >= 0.3 is 0 Å². The summed E-state index contributed by atoms with van der Waals surface area (Å²) >= 11 is 0. The van der Waals surface area contributed by atoms with Crippen molar-refractivity contribution < 1.29 is 9.47 Å². The summed E-state index contributed by atoms with van der Waals surface area (Å²) < 4.78 is 11.5. The Hall–Kier alpha value is -0.120. The van der Waals surface area contributed by atoms with Gasteiger partial charge in [-0.1, -0.05) is 13.8 Å². The molecule has 0 aromatic carbocycles. The molecule has 2 aliphatic heterocycles. The molecule has 2 aliphatic rings. The highest BCUT2D eigenvalue weighted by Gasteiger charge is 2.29. The number of hydrogen-bond acceptors (Lipinski definition) is 3. The summed E-state index contributed by atoms with van der Waals surface area (Å²) in [5.74, 6) is 0.665. The second-order valence-electron chi connectivity index (χ2n) is 5.85. The zero-order valence-corrected chi connectivity index (χ0v) is 11.5. The van der Waals surface area contributed by atoms with Crippen LogP contribution >= 0.6 is 0 Å². The average molecular weight is 241 g/mol. The molecule has 2 saturated heterocycles. The van der Waals surface area contributed by atoms with Crippen LogP contribution in [0.3, 0.4) is 0 Å². The fourth-order valence-electron chi connectivity index (χ4n) is 2.95. The van der Waals surface area contributed by atoms with E-state index < -0.39 is 0 Å². The maximum atomic E-state index is 6.13. The standard InChI is InChI=1S/C14H27NO2/c1-11(2)14-5-4-13(17-14)10-12(3)15-6-8-16-9-7-15/h11-14H,4-10H2,1-3H3. The van der Waals surface area contributed by atoms with E-state index in [2.05, 4.69) is 25.7 Å². The van der Waals surface area contributed by atoms with Gasteiger partial charge in [-0.2, -0.15) is 0 Å². The molecule has 17 heavy (non-hydrogen) atoms. The van der Waals surface area contributed by atoms with Crippen LogP contribution in [0.15, 0.2) is 0 Å². The molecule has 3 heteroatoms. The van der Waals surface area contributed by atoms with Gasteiger partial charge in [-0.25, -0.2) is 0 Å². The van der Waals surface area contributed by atoms with Crippen molar-refractivity contribution in [3.63, 3.8) is 0 Å². The van der Waals surface area contributed by atoms with Crippen molar-refractivity contribution in [2.75, 3.05) is 26.3 Å². The normalized spacial score (nSPS) is 33.2. The van der Waals surface area contributed by atoms with E-state index in [-0.39, 0.29) is 0 Å². The lowest BCUT2D eigenvalue weighted by molar-refractivity contribution is -0.0169. The molecule has 2 heterocycles. The van der Waals surface area contributed by atoms with Crippen molar-refractivity contribution in [3.05, 3.63) is 0 Å². The highest BCUT2D eigenvalue weighted by Crippen LogP contribution is 2.28. The first-order valence-electron chi connectivity index (χ1n) is 7.14. The molecule has 3 nitrogen and oxygen atoms in total. The third-order valence-electron chi connectivity index (χ3n) is 4.16. The average Bonchev–Trinajstić information content (AvgIpc) is 2.79. The van der Waals surface area contributed by atoms with E-state index in [0.29, 0.717) is 24.2 Å². The molecule has 3 atom stereocenters. The van der Waals surface area contributed by atoms with E-state index in [1.807, 2.05) is 0 Å². The van der Waals surface area contributed by atoms with Crippen molar-refractivity contribution in [1.29, 1.82) is 0 Å². The van der Waals surface area contributed by atoms with Gasteiger partial charge in [-0.15, -0.1) is 0 Å². The monoisotopic (exact) mass is 241 g/mol. The van der Waals surface area contributed by atoms with Crippen LogP contribution in [0.1, 0.15) is 40.0 Å². The summed E-state index contributed by atoms with van der Waals surface area (Å²) in [5, 5.41) is 0. The molecule has 100 valence electrons. The van der Waals surface area contributed by atoms with Gasteiger partial charge in [0.2, 0.25) is 0 Å². The van der Waals surface area contributed by atoms with Gasteiger partial charge in [-0.05, 0) is 32.1 Å². The third-order valence-corrected chi connectivity index (χ3v) is 4.16. The van der Waals surface area contributed by atoms with Crippen molar-refractivity contribution in [2.45, 2.75) is 58.3 Å². The quantitative estimate of drug-likeness (QED) is 0.754.